The molecule has 1 heterocycles. The van der Waals surface area contributed by atoms with Crippen LogP contribution in [-0.4, -0.2) is 30.7 Å². The first kappa shape index (κ1) is 29.4. The first-order valence-electron chi connectivity index (χ1n) is 11.0. The third-order valence-corrected chi connectivity index (χ3v) is 6.79. The number of carbonyl (C=O) groups excluding carboxylic acids is 1. The molecule has 0 aliphatic carbocycles. The standard InChI is InChI=1S/C25H24BrF2N2O7P/c1-4-12-33-38(32,34-13-5-2)35-14-19(36-18-11-10-17(27)20(21(18)28)24(29)31)25-30-22(23(26)37-25)16-8-6-15(3)7-9-16/h4-11,19H,1-2,12-14H2,3H3,(H2,29,31). The van der Waals surface area contributed by atoms with Crippen molar-refractivity contribution in [2.45, 2.75) is 13.0 Å². The number of oxazole rings is 1. The molecule has 0 aliphatic heterocycles. The maximum Gasteiger partial charge on any atom is 0.475 e. The smallest absolute Gasteiger partial charge is 0.475 e. The van der Waals surface area contributed by atoms with E-state index < -0.39 is 49.4 Å². The zero-order valence-corrected chi connectivity index (χ0v) is 22.7. The Labute approximate surface area is 226 Å². The van der Waals surface area contributed by atoms with Gasteiger partial charge in [-0.2, -0.15) is 0 Å². The van der Waals surface area contributed by atoms with Gasteiger partial charge in [-0.3, -0.25) is 18.4 Å². The Morgan fingerprint density at radius 3 is 2.34 bits per heavy atom. The molecule has 2 aromatic carbocycles. The van der Waals surface area contributed by atoms with Crippen LogP contribution in [-0.2, 0) is 18.1 Å². The molecule has 2 N–H and O–H groups in total. The fourth-order valence-corrected chi connectivity index (χ4v) is 4.66. The molecule has 1 amide bonds. The number of halogens is 3. The summed E-state index contributed by atoms with van der Waals surface area (Å²) in [6.45, 7) is 7.97. The van der Waals surface area contributed by atoms with E-state index in [-0.39, 0.29) is 23.8 Å². The zero-order valence-electron chi connectivity index (χ0n) is 20.2. The number of ether oxygens (including phenoxy) is 1. The largest absolute Gasteiger partial charge is 0.475 e. The first-order valence-corrected chi connectivity index (χ1v) is 13.3. The monoisotopic (exact) mass is 612 g/mol. The third-order valence-electron chi connectivity index (χ3n) is 4.86. The Balaban J connectivity index is 2.00. The SMILES string of the molecule is C=CCOP(=O)(OCC=C)OCC(Oc1ccc(F)c(C(N)=O)c1F)c1nc(-c2ccc(C)cc2)c(Br)o1. The molecule has 1 atom stereocenters. The van der Waals surface area contributed by atoms with Gasteiger partial charge in [0, 0.05) is 5.56 Å². The fraction of sp³-hybridized carbons (Fsp3) is 0.200. The molecular weight excluding hydrogens is 589 g/mol. The average molecular weight is 613 g/mol. The van der Waals surface area contributed by atoms with Gasteiger partial charge < -0.3 is 14.9 Å². The van der Waals surface area contributed by atoms with Gasteiger partial charge in [-0.05, 0) is 35.0 Å². The van der Waals surface area contributed by atoms with Gasteiger partial charge in [-0.25, -0.2) is 18.3 Å². The topological polar surface area (TPSA) is 123 Å². The Kier molecular flexibility index (Phi) is 10.1. The van der Waals surface area contributed by atoms with Crippen molar-refractivity contribution in [2.75, 3.05) is 19.8 Å². The highest BCUT2D eigenvalue weighted by Gasteiger charge is 2.32. The van der Waals surface area contributed by atoms with Gasteiger partial charge in [0.15, 0.2) is 22.3 Å². The summed E-state index contributed by atoms with van der Waals surface area (Å²) >= 11 is 3.30. The number of nitrogens with two attached hydrogens (primary N) is 1. The number of rotatable bonds is 14. The quantitative estimate of drug-likeness (QED) is 0.163. The van der Waals surface area contributed by atoms with Crippen LogP contribution in [0.5, 0.6) is 5.75 Å². The van der Waals surface area contributed by atoms with Gasteiger partial charge >= 0.3 is 7.82 Å². The number of primary amides is 1. The van der Waals surface area contributed by atoms with Gasteiger partial charge in [-0.15, -0.1) is 13.2 Å². The fourth-order valence-electron chi connectivity index (χ4n) is 3.06. The Hall–Kier alpha value is -3.15. The molecule has 0 fully saturated rings. The highest BCUT2D eigenvalue weighted by molar-refractivity contribution is 9.10. The molecule has 1 aromatic heterocycles. The number of hydrogen-bond donors (Lipinski definition) is 1. The normalized spacial score (nSPS) is 12.2. The van der Waals surface area contributed by atoms with Crippen molar-refractivity contribution in [2.24, 2.45) is 5.73 Å². The number of phosphoric ester groups is 1. The van der Waals surface area contributed by atoms with E-state index in [9.17, 15) is 18.1 Å². The number of carbonyl (C=O) groups is 1. The second kappa shape index (κ2) is 13.1. The number of hydrogen-bond acceptors (Lipinski definition) is 8. The molecule has 0 radical (unpaired) electrons. The van der Waals surface area contributed by atoms with Gasteiger partial charge in [0.2, 0.25) is 5.89 Å². The molecule has 3 aromatic rings. The summed E-state index contributed by atoms with van der Waals surface area (Å²) in [5.41, 5.74) is 6.22. The maximum atomic E-state index is 15.0. The lowest BCUT2D eigenvalue weighted by atomic mass is 10.1. The number of amides is 1. The molecule has 0 bridgehead atoms. The summed E-state index contributed by atoms with van der Waals surface area (Å²) < 4.78 is 69.4. The zero-order chi connectivity index (χ0) is 27.9. The molecule has 202 valence electrons. The van der Waals surface area contributed by atoms with Crippen LogP contribution < -0.4 is 10.5 Å². The van der Waals surface area contributed by atoms with Gasteiger partial charge in [-0.1, -0.05) is 42.0 Å². The maximum absolute atomic E-state index is 15.0. The van der Waals surface area contributed by atoms with E-state index >= 15 is 0 Å². The van der Waals surface area contributed by atoms with Crippen molar-refractivity contribution in [3.8, 4) is 17.0 Å². The highest BCUT2D eigenvalue weighted by Crippen LogP contribution is 2.50. The molecule has 0 aliphatic rings. The van der Waals surface area contributed by atoms with E-state index in [0.29, 0.717) is 11.3 Å². The van der Waals surface area contributed by atoms with E-state index in [1.807, 2.05) is 31.2 Å². The van der Waals surface area contributed by atoms with Crippen LogP contribution >= 0.6 is 23.8 Å². The van der Waals surface area contributed by atoms with E-state index in [2.05, 4.69) is 34.1 Å². The minimum absolute atomic E-state index is 0.129. The van der Waals surface area contributed by atoms with Crippen LogP contribution in [0.2, 0.25) is 0 Å². The van der Waals surface area contributed by atoms with E-state index in [4.69, 9.17) is 28.5 Å². The predicted molar refractivity (Wildman–Crippen MR) is 138 cm³/mol. The molecule has 1 unspecified atom stereocenters. The predicted octanol–water partition coefficient (Wildman–Crippen LogP) is 6.44. The van der Waals surface area contributed by atoms with Crippen LogP contribution in [0, 0.1) is 18.6 Å². The molecule has 13 heteroatoms. The molecule has 0 spiro atoms. The van der Waals surface area contributed by atoms with Crippen molar-refractivity contribution in [3.63, 3.8) is 0 Å². The van der Waals surface area contributed by atoms with Gasteiger partial charge in [0.05, 0.1) is 13.2 Å². The summed E-state index contributed by atoms with van der Waals surface area (Å²) in [7, 11) is -4.18. The van der Waals surface area contributed by atoms with Crippen LogP contribution in [0.15, 0.2) is 70.8 Å². The summed E-state index contributed by atoms with van der Waals surface area (Å²) in [5.74, 6) is -4.54. The van der Waals surface area contributed by atoms with Crippen LogP contribution in [0.4, 0.5) is 8.78 Å². The van der Waals surface area contributed by atoms with Gasteiger partial charge in [0.25, 0.3) is 5.91 Å². The number of phosphoric acid groups is 1. The van der Waals surface area contributed by atoms with Crippen molar-refractivity contribution in [1.82, 2.24) is 4.98 Å². The molecule has 0 saturated heterocycles. The minimum atomic E-state index is -4.18. The number of aromatic nitrogens is 1. The Morgan fingerprint density at radius 1 is 1.13 bits per heavy atom. The summed E-state index contributed by atoms with van der Waals surface area (Å²) in [6.07, 6.45) is 1.29. The van der Waals surface area contributed by atoms with E-state index in [1.165, 1.54) is 12.2 Å². The number of aryl methyl sites for hydroxylation is 1. The molecule has 9 nitrogen and oxygen atoms in total. The van der Waals surface area contributed by atoms with Crippen molar-refractivity contribution in [1.29, 1.82) is 0 Å². The lowest BCUT2D eigenvalue weighted by molar-refractivity contribution is 0.0630. The molecule has 3 rings (SSSR count). The minimum Gasteiger partial charge on any atom is -0.475 e. The summed E-state index contributed by atoms with van der Waals surface area (Å²) in [4.78, 5) is 16.0. The van der Waals surface area contributed by atoms with E-state index in [0.717, 1.165) is 17.7 Å². The van der Waals surface area contributed by atoms with Crippen molar-refractivity contribution < 1.29 is 40.9 Å². The molecule has 0 saturated carbocycles. The molecular formula is C25H24BrF2N2O7P. The molecule has 38 heavy (non-hydrogen) atoms. The Morgan fingerprint density at radius 2 is 1.76 bits per heavy atom. The van der Waals surface area contributed by atoms with Crippen molar-refractivity contribution in [3.05, 3.63) is 95.0 Å². The second-order valence-corrected chi connectivity index (χ2v) is 10.0. The third kappa shape index (κ3) is 7.24. The highest BCUT2D eigenvalue weighted by atomic mass is 79.9. The lowest BCUT2D eigenvalue weighted by Crippen LogP contribution is -2.19. The van der Waals surface area contributed by atoms with Crippen LogP contribution in [0.1, 0.15) is 27.9 Å². The summed E-state index contributed by atoms with van der Waals surface area (Å²) in [6, 6.07) is 9.13. The summed E-state index contributed by atoms with van der Waals surface area (Å²) in [5, 5.41) is 0. The Bertz CT molecular complexity index is 1350. The van der Waals surface area contributed by atoms with Crippen LogP contribution in [0.3, 0.4) is 0 Å². The average Bonchev–Trinajstić information content (AvgIpc) is 3.27. The van der Waals surface area contributed by atoms with Gasteiger partial charge in [0.1, 0.15) is 23.7 Å². The van der Waals surface area contributed by atoms with E-state index in [1.54, 1.807) is 0 Å². The lowest BCUT2D eigenvalue weighted by Gasteiger charge is -2.21. The first-order chi connectivity index (χ1) is 18.1. The second-order valence-electron chi connectivity index (χ2n) is 7.66. The number of nitrogens with zero attached hydrogens (tertiary/aromatic N) is 1. The van der Waals surface area contributed by atoms with Crippen LogP contribution in [0.25, 0.3) is 11.3 Å². The van der Waals surface area contributed by atoms with Crippen molar-refractivity contribution >= 4 is 29.7 Å². The number of benzene rings is 2.